The fraction of sp³-hybridized carbons (Fsp3) is 0.100. The van der Waals surface area contributed by atoms with E-state index in [1.165, 1.54) is 50.2 Å². The summed E-state index contributed by atoms with van der Waals surface area (Å²) in [6.07, 6.45) is 0. The lowest BCUT2D eigenvalue weighted by molar-refractivity contribution is -0.127. The van der Waals surface area contributed by atoms with Crippen LogP contribution in [0.2, 0.25) is 0 Å². The highest BCUT2D eigenvalue weighted by Gasteiger charge is 2.04. The second kappa shape index (κ2) is 13.4. The number of Topliss-reactive ketones (excluding diaryl/α,β-unsaturated/α-hetero) is 2. The molecule has 0 aromatic heterocycles. The van der Waals surface area contributed by atoms with E-state index in [1.807, 2.05) is 0 Å². The molecule has 10 heteroatoms. The number of benzene rings is 2. The smallest absolute Gasteiger partial charge is 0.335 e. The van der Waals surface area contributed by atoms with Crippen LogP contribution in [0.1, 0.15) is 55.3 Å². The molecule has 0 saturated heterocycles. The number of hydrogen-bond acceptors (Lipinski definition) is 6. The summed E-state index contributed by atoms with van der Waals surface area (Å²) in [6.45, 7) is 2.91. The molecule has 2 aromatic carbocycles. The van der Waals surface area contributed by atoms with Gasteiger partial charge in [-0.15, -0.1) is 0 Å². The van der Waals surface area contributed by atoms with E-state index < -0.39 is 21.7 Å². The third kappa shape index (κ3) is 10.6. The van der Waals surface area contributed by atoms with Gasteiger partial charge in [-0.05, 0) is 72.9 Å². The predicted molar refractivity (Wildman–Crippen MR) is 112 cm³/mol. The van der Waals surface area contributed by atoms with Gasteiger partial charge >= 0.3 is 16.5 Å². The van der Waals surface area contributed by atoms with Gasteiger partial charge in [-0.25, -0.2) is 4.79 Å². The van der Waals surface area contributed by atoms with Gasteiger partial charge in [0.05, 0.1) is 5.56 Å². The highest BCUT2D eigenvalue weighted by atomic mass is 35.5. The van der Waals surface area contributed by atoms with Gasteiger partial charge in [0.2, 0.25) is 0 Å². The van der Waals surface area contributed by atoms with Crippen LogP contribution in [0.4, 0.5) is 0 Å². The number of carbonyl (C=O) groups excluding carboxylic acids is 5. The molecule has 0 aliphatic heterocycles. The maximum absolute atomic E-state index is 10.8. The molecular formula is C20H15Cl3O7. The third-order valence-electron chi connectivity index (χ3n) is 3.21. The molecule has 0 fully saturated rings. The molecule has 30 heavy (non-hydrogen) atoms. The first-order valence-electron chi connectivity index (χ1n) is 7.91. The summed E-state index contributed by atoms with van der Waals surface area (Å²) in [5, 5.41) is 5.74. The van der Waals surface area contributed by atoms with Gasteiger partial charge in [0.15, 0.2) is 11.6 Å². The average molecular weight is 474 g/mol. The molecule has 1 N–H and O–H groups in total. The van der Waals surface area contributed by atoms with E-state index in [9.17, 15) is 28.8 Å². The Bertz CT molecular complexity index is 804. The first kappa shape index (κ1) is 27.1. The Morgan fingerprint density at radius 2 is 0.833 bits per heavy atom. The number of halogens is 3. The molecule has 158 valence electrons. The molecule has 0 unspecified atom stereocenters. The zero-order valence-corrected chi connectivity index (χ0v) is 17.9. The molecule has 0 aliphatic carbocycles. The maximum Gasteiger partial charge on any atom is 0.335 e. The fourth-order valence-corrected chi connectivity index (χ4v) is 1.81. The summed E-state index contributed by atoms with van der Waals surface area (Å²) in [4.78, 5) is 61.4. The Balaban J connectivity index is 0.000000447. The number of carbonyl (C=O) groups is 6. The second-order valence-corrected chi connectivity index (χ2v) is 6.42. The van der Waals surface area contributed by atoms with E-state index >= 15 is 0 Å². The second-order valence-electron chi connectivity index (χ2n) is 5.39. The zero-order valence-electron chi connectivity index (χ0n) is 15.6. The van der Waals surface area contributed by atoms with E-state index in [-0.39, 0.29) is 17.1 Å². The Morgan fingerprint density at radius 1 is 0.567 bits per heavy atom. The van der Waals surface area contributed by atoms with Crippen LogP contribution in [0.3, 0.4) is 0 Å². The highest BCUT2D eigenvalue weighted by Crippen LogP contribution is 2.07. The Morgan fingerprint density at radius 3 is 1.03 bits per heavy atom. The van der Waals surface area contributed by atoms with Crippen molar-refractivity contribution in [3.05, 3.63) is 70.8 Å². The van der Waals surface area contributed by atoms with Gasteiger partial charge in [0, 0.05) is 16.7 Å². The van der Waals surface area contributed by atoms with Crippen molar-refractivity contribution in [2.45, 2.75) is 13.8 Å². The van der Waals surface area contributed by atoms with Gasteiger partial charge in [0.1, 0.15) is 0 Å². The molecule has 0 aliphatic rings. The molecular weight excluding hydrogens is 459 g/mol. The van der Waals surface area contributed by atoms with Crippen LogP contribution >= 0.6 is 34.8 Å². The Kier molecular flexibility index (Phi) is 12.1. The van der Waals surface area contributed by atoms with Gasteiger partial charge in [-0.1, -0.05) is 24.3 Å². The van der Waals surface area contributed by atoms with Crippen LogP contribution in [-0.2, 0) is 9.59 Å². The first-order valence-corrected chi connectivity index (χ1v) is 9.04. The van der Waals surface area contributed by atoms with Crippen LogP contribution in [-0.4, -0.2) is 38.4 Å². The Labute approximate surface area is 186 Å². The topological polar surface area (TPSA) is 123 Å². The first-order chi connectivity index (χ1) is 13.9. The molecule has 0 heterocycles. The molecule has 0 bridgehead atoms. The summed E-state index contributed by atoms with van der Waals surface area (Å²) in [6, 6.07) is 12.1. The van der Waals surface area contributed by atoms with E-state index in [1.54, 1.807) is 12.1 Å². The largest absolute Gasteiger partial charge is 0.478 e. The molecule has 0 saturated carbocycles. The van der Waals surface area contributed by atoms with Crippen LogP contribution in [0.5, 0.6) is 0 Å². The van der Waals surface area contributed by atoms with Gasteiger partial charge in [0.25, 0.3) is 5.24 Å². The van der Waals surface area contributed by atoms with Crippen molar-refractivity contribution in [1.82, 2.24) is 0 Å². The van der Waals surface area contributed by atoms with Crippen molar-refractivity contribution in [2.75, 3.05) is 0 Å². The van der Waals surface area contributed by atoms with E-state index in [0.717, 1.165) is 0 Å². The molecule has 0 atom stereocenters. The predicted octanol–water partition coefficient (Wildman–Crippen LogP) is 4.37. The molecule has 7 nitrogen and oxygen atoms in total. The lowest BCUT2D eigenvalue weighted by Crippen LogP contribution is -1.97. The van der Waals surface area contributed by atoms with Crippen molar-refractivity contribution < 1.29 is 33.9 Å². The molecule has 2 rings (SSSR count). The van der Waals surface area contributed by atoms with Crippen molar-refractivity contribution >= 4 is 68.1 Å². The normalized spacial score (nSPS) is 9.10. The minimum atomic E-state index is -1.14. The van der Waals surface area contributed by atoms with Crippen LogP contribution in [0.15, 0.2) is 48.5 Å². The van der Waals surface area contributed by atoms with Gasteiger partial charge in [-0.3, -0.25) is 24.0 Å². The van der Waals surface area contributed by atoms with Crippen molar-refractivity contribution in [1.29, 1.82) is 0 Å². The SMILES string of the molecule is CC(=O)c1ccc(C(=O)Cl)cc1.CC(=O)c1ccc(C(=O)O)cc1.O=C(Cl)C(=O)Cl. The number of aromatic carboxylic acids is 1. The standard InChI is InChI=1S/C9H7ClO2.C9H8O3.C2Cl2O2/c1-6(11)7-2-4-8(5-3-7)9(10)12;1-6(10)7-2-4-8(5-3-7)9(11)12;3-1(5)2(4)6/h2-5H,1H3;2-5H,1H3,(H,11,12);. The summed E-state index contributed by atoms with van der Waals surface area (Å²) < 4.78 is 0. The van der Waals surface area contributed by atoms with Crippen LogP contribution in [0.25, 0.3) is 0 Å². The van der Waals surface area contributed by atoms with Crippen LogP contribution in [0, 0.1) is 0 Å². The summed E-state index contributed by atoms with van der Waals surface area (Å²) in [7, 11) is 0. The molecule has 0 spiro atoms. The number of carboxylic acid groups (broad SMARTS) is 1. The van der Waals surface area contributed by atoms with E-state index in [2.05, 4.69) is 23.2 Å². The number of ketones is 2. The zero-order chi connectivity index (χ0) is 23.4. The van der Waals surface area contributed by atoms with Crippen molar-refractivity contribution in [2.24, 2.45) is 0 Å². The summed E-state index contributed by atoms with van der Waals surface area (Å²) in [5.41, 5.74) is 1.71. The van der Waals surface area contributed by atoms with Crippen LogP contribution < -0.4 is 0 Å². The number of carboxylic acids is 1. The van der Waals surface area contributed by atoms with Gasteiger partial charge < -0.3 is 5.11 Å². The number of rotatable bonds is 5. The van der Waals surface area contributed by atoms with Crippen molar-refractivity contribution in [3.8, 4) is 0 Å². The summed E-state index contributed by atoms with van der Waals surface area (Å²) in [5.74, 6) is -1.07. The van der Waals surface area contributed by atoms with E-state index in [0.29, 0.717) is 16.7 Å². The van der Waals surface area contributed by atoms with E-state index in [4.69, 9.17) is 16.7 Å². The highest BCUT2D eigenvalue weighted by molar-refractivity contribution is 6.97. The monoisotopic (exact) mass is 472 g/mol. The molecule has 0 radical (unpaired) electrons. The molecule has 2 aromatic rings. The van der Waals surface area contributed by atoms with Crippen molar-refractivity contribution in [3.63, 3.8) is 0 Å². The average Bonchev–Trinajstić information content (AvgIpc) is 2.68. The quantitative estimate of drug-likeness (QED) is 0.388. The lowest BCUT2D eigenvalue weighted by atomic mass is 10.1. The minimum absolute atomic E-state index is 0.0245. The minimum Gasteiger partial charge on any atom is -0.478 e. The number of hydrogen-bond donors (Lipinski definition) is 1. The third-order valence-corrected chi connectivity index (χ3v) is 3.87. The fourth-order valence-electron chi connectivity index (χ4n) is 1.68. The maximum atomic E-state index is 10.8. The summed E-state index contributed by atoms with van der Waals surface area (Å²) >= 11 is 14.2. The molecule has 0 amide bonds. The lowest BCUT2D eigenvalue weighted by Gasteiger charge is -1.95. The van der Waals surface area contributed by atoms with Gasteiger partial charge in [-0.2, -0.15) is 0 Å². The Hall–Kier alpha value is -2.87.